The van der Waals surface area contributed by atoms with Crippen LogP contribution in [0.15, 0.2) is 76.5 Å². The van der Waals surface area contributed by atoms with Gasteiger partial charge in [-0.3, -0.25) is 9.10 Å². The number of amides is 1. The predicted octanol–water partition coefficient (Wildman–Crippen LogP) is 3.46. The minimum atomic E-state index is -4.01. The van der Waals surface area contributed by atoms with Gasteiger partial charge in [-0.25, -0.2) is 16.8 Å². The third-order valence-corrected chi connectivity index (χ3v) is 11.4. The van der Waals surface area contributed by atoms with Crippen molar-refractivity contribution in [1.82, 2.24) is 9.62 Å². The summed E-state index contributed by atoms with van der Waals surface area (Å²) in [6.45, 7) is 9.36. The lowest BCUT2D eigenvalue weighted by molar-refractivity contribution is -0.127. The van der Waals surface area contributed by atoms with Crippen molar-refractivity contribution in [2.45, 2.75) is 49.0 Å². The first kappa shape index (κ1) is 32.7. The summed E-state index contributed by atoms with van der Waals surface area (Å²) in [5.74, 6) is 0.256. The largest absolute Gasteiger partial charge is 0.492 e. The number of aryl methyl sites for hydroxylation is 1. The fourth-order valence-electron chi connectivity index (χ4n) is 5.02. The Hall–Kier alpha value is -3.65. The van der Waals surface area contributed by atoms with E-state index < -0.39 is 32.1 Å². The summed E-state index contributed by atoms with van der Waals surface area (Å²) in [4.78, 5) is 13.5. The van der Waals surface area contributed by atoms with Gasteiger partial charge in [-0.15, -0.1) is 0 Å². The first-order valence-corrected chi connectivity index (χ1v) is 17.6. The SMILES string of the molecule is Cc1ccc(S(=O)(=O)N2C[C@@H](C(=O)NCCOc3ccc(S(=O)(=O)N4CCOCC4)cc3)Oc3ccc(C(C)(C)C)cc32)cc1. The lowest BCUT2D eigenvalue weighted by Crippen LogP contribution is -2.51. The topological polar surface area (TPSA) is 132 Å². The summed E-state index contributed by atoms with van der Waals surface area (Å²) in [5, 5.41) is 2.76. The van der Waals surface area contributed by atoms with Crippen molar-refractivity contribution in [2.75, 3.05) is 50.3 Å². The Morgan fingerprint density at radius 2 is 1.53 bits per heavy atom. The number of hydrogen-bond acceptors (Lipinski definition) is 8. The van der Waals surface area contributed by atoms with E-state index in [4.69, 9.17) is 14.2 Å². The number of rotatable bonds is 9. The van der Waals surface area contributed by atoms with Gasteiger partial charge < -0.3 is 19.5 Å². The van der Waals surface area contributed by atoms with E-state index in [0.717, 1.165) is 11.1 Å². The van der Waals surface area contributed by atoms with Gasteiger partial charge in [-0.2, -0.15) is 4.31 Å². The van der Waals surface area contributed by atoms with E-state index in [0.29, 0.717) is 43.5 Å². The van der Waals surface area contributed by atoms with E-state index in [2.05, 4.69) is 5.32 Å². The predicted molar refractivity (Wildman–Crippen MR) is 170 cm³/mol. The van der Waals surface area contributed by atoms with Crippen LogP contribution >= 0.6 is 0 Å². The van der Waals surface area contributed by atoms with Crippen molar-refractivity contribution in [3.05, 3.63) is 77.9 Å². The van der Waals surface area contributed by atoms with E-state index in [1.165, 1.54) is 20.7 Å². The van der Waals surface area contributed by atoms with Crippen LogP contribution in [-0.2, 0) is 35.0 Å². The fraction of sp³-hybridized carbons (Fsp3) is 0.406. The average Bonchev–Trinajstić information content (AvgIpc) is 3.02. The number of fused-ring (bicyclic) bond motifs is 1. The van der Waals surface area contributed by atoms with Crippen molar-refractivity contribution in [1.29, 1.82) is 0 Å². The van der Waals surface area contributed by atoms with Gasteiger partial charge in [0.1, 0.15) is 18.1 Å². The summed E-state index contributed by atoms with van der Waals surface area (Å²) in [5.41, 5.74) is 2.01. The molecule has 2 aliphatic rings. The van der Waals surface area contributed by atoms with Crippen LogP contribution in [0.5, 0.6) is 11.5 Å². The molecule has 13 heteroatoms. The molecule has 1 amide bonds. The van der Waals surface area contributed by atoms with Gasteiger partial charge in [0.15, 0.2) is 6.10 Å². The third-order valence-electron chi connectivity index (χ3n) is 7.70. The molecule has 11 nitrogen and oxygen atoms in total. The van der Waals surface area contributed by atoms with Gasteiger partial charge in [-0.05, 0) is 66.4 Å². The normalized spacial score (nSPS) is 17.7. The first-order valence-electron chi connectivity index (χ1n) is 14.8. The number of carbonyl (C=O) groups is 1. The second-order valence-corrected chi connectivity index (χ2v) is 15.8. The van der Waals surface area contributed by atoms with Gasteiger partial charge >= 0.3 is 0 Å². The second-order valence-electron chi connectivity index (χ2n) is 12.0. The van der Waals surface area contributed by atoms with Crippen LogP contribution in [0, 0.1) is 6.92 Å². The highest BCUT2D eigenvalue weighted by Gasteiger charge is 2.38. The van der Waals surface area contributed by atoms with E-state index in [1.54, 1.807) is 48.5 Å². The van der Waals surface area contributed by atoms with Crippen LogP contribution in [0.4, 0.5) is 5.69 Å². The molecule has 0 bridgehead atoms. The smallest absolute Gasteiger partial charge is 0.264 e. The fourth-order valence-corrected chi connectivity index (χ4v) is 7.90. The quantitative estimate of drug-likeness (QED) is 0.346. The number of benzene rings is 3. The molecule has 0 saturated carbocycles. The Morgan fingerprint density at radius 1 is 0.911 bits per heavy atom. The van der Waals surface area contributed by atoms with Crippen LogP contribution < -0.4 is 19.1 Å². The summed E-state index contributed by atoms with van der Waals surface area (Å²) >= 11 is 0. The van der Waals surface area contributed by atoms with Crippen LogP contribution in [0.25, 0.3) is 0 Å². The van der Waals surface area contributed by atoms with Gasteiger partial charge in [-0.1, -0.05) is 44.5 Å². The molecule has 0 aromatic heterocycles. The molecule has 1 N–H and O–H groups in total. The Kier molecular flexibility index (Phi) is 9.45. The number of sulfonamides is 2. The highest BCUT2D eigenvalue weighted by molar-refractivity contribution is 7.92. The van der Waals surface area contributed by atoms with Gasteiger partial charge in [0.25, 0.3) is 15.9 Å². The number of nitrogens with zero attached hydrogens (tertiary/aromatic N) is 2. The maximum absolute atomic E-state index is 13.9. The monoisotopic (exact) mass is 657 g/mol. The number of carbonyl (C=O) groups excluding carboxylic acids is 1. The molecule has 2 heterocycles. The van der Waals surface area contributed by atoms with Gasteiger partial charge in [0, 0.05) is 13.1 Å². The van der Waals surface area contributed by atoms with E-state index >= 15 is 0 Å². The summed E-state index contributed by atoms with van der Waals surface area (Å²) in [6, 6.07) is 18.1. The zero-order valence-electron chi connectivity index (χ0n) is 25.9. The Morgan fingerprint density at radius 3 is 2.18 bits per heavy atom. The molecule has 3 aromatic carbocycles. The molecule has 1 saturated heterocycles. The number of morpholine rings is 1. The Bertz CT molecular complexity index is 1730. The minimum absolute atomic E-state index is 0.102. The maximum Gasteiger partial charge on any atom is 0.264 e. The average molecular weight is 658 g/mol. The molecule has 1 atom stereocenters. The molecule has 0 radical (unpaired) electrons. The van der Waals surface area contributed by atoms with Crippen molar-refractivity contribution in [3.8, 4) is 11.5 Å². The molecule has 2 aliphatic heterocycles. The lowest BCUT2D eigenvalue weighted by Gasteiger charge is -2.36. The van der Waals surface area contributed by atoms with Crippen LogP contribution in [0.2, 0.25) is 0 Å². The van der Waals surface area contributed by atoms with E-state index in [1.807, 2.05) is 33.8 Å². The van der Waals surface area contributed by atoms with Crippen LogP contribution in [-0.4, -0.2) is 79.2 Å². The number of ether oxygens (including phenoxy) is 3. The molecule has 5 rings (SSSR count). The highest BCUT2D eigenvalue weighted by atomic mass is 32.2. The lowest BCUT2D eigenvalue weighted by atomic mass is 9.86. The molecular formula is C32H39N3O8S2. The molecular weight excluding hydrogens is 618 g/mol. The van der Waals surface area contributed by atoms with Gasteiger partial charge in [0.05, 0.1) is 41.8 Å². The molecule has 3 aromatic rings. The van der Waals surface area contributed by atoms with Crippen molar-refractivity contribution in [2.24, 2.45) is 0 Å². The third kappa shape index (κ3) is 7.27. The minimum Gasteiger partial charge on any atom is -0.492 e. The van der Waals surface area contributed by atoms with Crippen LogP contribution in [0.3, 0.4) is 0 Å². The number of hydrogen-bond donors (Lipinski definition) is 1. The zero-order valence-corrected chi connectivity index (χ0v) is 27.5. The molecule has 0 spiro atoms. The maximum atomic E-state index is 13.9. The summed E-state index contributed by atoms with van der Waals surface area (Å²) < 4.78 is 73.0. The van der Waals surface area contributed by atoms with Gasteiger partial charge in [0.2, 0.25) is 10.0 Å². The van der Waals surface area contributed by atoms with E-state index in [9.17, 15) is 21.6 Å². The van der Waals surface area contributed by atoms with Crippen molar-refractivity contribution >= 4 is 31.6 Å². The second kappa shape index (κ2) is 13.0. The number of anilines is 1. The standard InChI is InChI=1S/C32H39N3O8S2/c1-23-5-10-27(11-6-23)45(39,40)35-22-30(43-29-14-7-24(21-28(29)35)32(2,3)4)31(36)33-15-18-42-25-8-12-26(13-9-25)44(37,38)34-16-19-41-20-17-34/h5-14,21,30H,15-20,22H2,1-4H3,(H,33,36)/t30-/m0/s1. The Labute approximate surface area is 265 Å². The molecule has 0 aliphatic carbocycles. The summed E-state index contributed by atoms with van der Waals surface area (Å²) in [6.07, 6.45) is -1.09. The Balaban J connectivity index is 1.24. The van der Waals surface area contributed by atoms with Crippen molar-refractivity contribution in [3.63, 3.8) is 0 Å². The van der Waals surface area contributed by atoms with E-state index in [-0.39, 0.29) is 34.9 Å². The highest BCUT2D eigenvalue weighted by Crippen LogP contribution is 2.40. The van der Waals surface area contributed by atoms with Crippen molar-refractivity contribution < 1.29 is 35.8 Å². The molecule has 45 heavy (non-hydrogen) atoms. The number of nitrogens with one attached hydrogen (secondary N) is 1. The van der Waals surface area contributed by atoms with Crippen LogP contribution in [0.1, 0.15) is 31.9 Å². The first-order chi connectivity index (χ1) is 21.3. The summed E-state index contributed by atoms with van der Waals surface area (Å²) in [7, 11) is -7.62. The molecule has 0 unspecified atom stereocenters. The zero-order chi connectivity index (χ0) is 32.4. The molecule has 242 valence electrons. The molecule has 1 fully saturated rings.